The van der Waals surface area contributed by atoms with Gasteiger partial charge in [0, 0.05) is 19.2 Å². The number of ether oxygens (including phenoxy) is 3. The smallest absolute Gasteiger partial charge is 0.262 e. The van der Waals surface area contributed by atoms with Crippen LogP contribution in [0.5, 0.6) is 17.2 Å². The van der Waals surface area contributed by atoms with E-state index >= 15 is 0 Å². The number of rotatable bonds is 5. The highest BCUT2D eigenvalue weighted by Crippen LogP contribution is 2.36. The Hall–Kier alpha value is -3.31. The highest BCUT2D eigenvalue weighted by molar-refractivity contribution is 7.89. The normalized spacial score (nSPS) is 19.5. The molecule has 1 atom stereocenters. The van der Waals surface area contributed by atoms with E-state index in [0.29, 0.717) is 41.3 Å². The van der Waals surface area contributed by atoms with E-state index in [1.807, 2.05) is 6.07 Å². The van der Waals surface area contributed by atoms with Gasteiger partial charge in [-0.25, -0.2) is 8.42 Å². The van der Waals surface area contributed by atoms with Crippen LogP contribution in [0.1, 0.15) is 24.0 Å². The molecule has 0 aliphatic carbocycles. The van der Waals surface area contributed by atoms with Crippen LogP contribution in [0.4, 0.5) is 5.69 Å². The molecule has 0 spiro atoms. The molecule has 2 aromatic carbocycles. The van der Waals surface area contributed by atoms with Crippen molar-refractivity contribution >= 4 is 27.5 Å². The van der Waals surface area contributed by atoms with E-state index in [2.05, 4.69) is 10.6 Å². The Morgan fingerprint density at radius 1 is 1.15 bits per heavy atom. The predicted molar refractivity (Wildman–Crippen MR) is 117 cm³/mol. The summed E-state index contributed by atoms with van der Waals surface area (Å²) in [5, 5.41) is 5.51. The lowest BCUT2D eigenvalue weighted by Crippen LogP contribution is -2.45. The molecular weight excluding hydrogens is 450 g/mol. The second-order valence-corrected chi connectivity index (χ2v) is 9.99. The standard InChI is InChI=1S/C22H23N3O7S/c1-13-7-15-18(30-11-21(26)24-15)9-20(13)33(28,29)25-6-2-3-16(25)22(27)23-10-14-4-5-17-19(8-14)32-12-31-17/h4-5,7-9,16H,2-3,6,10-12H2,1H3,(H,23,27)(H,24,26)/t16-/m1/s1. The van der Waals surface area contributed by atoms with Crippen LogP contribution in [0, 0.1) is 6.92 Å². The first-order valence-corrected chi connectivity index (χ1v) is 12.0. The maximum absolute atomic E-state index is 13.5. The van der Waals surface area contributed by atoms with E-state index in [4.69, 9.17) is 14.2 Å². The zero-order valence-electron chi connectivity index (χ0n) is 17.9. The highest BCUT2D eigenvalue weighted by Gasteiger charge is 2.40. The number of hydrogen-bond donors (Lipinski definition) is 2. The Morgan fingerprint density at radius 2 is 1.97 bits per heavy atom. The summed E-state index contributed by atoms with van der Waals surface area (Å²) >= 11 is 0. The zero-order valence-corrected chi connectivity index (χ0v) is 18.7. The second kappa shape index (κ2) is 8.23. The number of carbonyl (C=O) groups excluding carboxylic acids is 2. The number of hydrogen-bond acceptors (Lipinski definition) is 7. The van der Waals surface area contributed by atoms with E-state index in [0.717, 1.165) is 5.56 Å². The van der Waals surface area contributed by atoms with Gasteiger partial charge in [0.1, 0.15) is 11.8 Å². The summed E-state index contributed by atoms with van der Waals surface area (Å²) in [6, 6.07) is 7.58. The van der Waals surface area contributed by atoms with Gasteiger partial charge in [0.05, 0.1) is 10.6 Å². The SMILES string of the molecule is Cc1cc2c(cc1S(=O)(=O)N1CCC[C@@H]1C(=O)NCc1ccc3c(c1)OCO3)OCC(=O)N2. The maximum Gasteiger partial charge on any atom is 0.262 e. The van der Waals surface area contributed by atoms with Crippen LogP contribution in [-0.2, 0) is 26.2 Å². The summed E-state index contributed by atoms with van der Waals surface area (Å²) in [6.07, 6.45) is 1.01. The Morgan fingerprint density at radius 3 is 2.82 bits per heavy atom. The average Bonchev–Trinajstić information content (AvgIpc) is 3.46. The number of sulfonamides is 1. The fourth-order valence-electron chi connectivity index (χ4n) is 4.27. The number of carbonyl (C=O) groups is 2. The lowest BCUT2D eigenvalue weighted by atomic mass is 10.2. The van der Waals surface area contributed by atoms with Gasteiger partial charge in [0.15, 0.2) is 18.1 Å². The first-order chi connectivity index (χ1) is 15.8. The fraction of sp³-hybridized carbons (Fsp3) is 0.364. The highest BCUT2D eigenvalue weighted by atomic mass is 32.2. The summed E-state index contributed by atoms with van der Waals surface area (Å²) in [7, 11) is -3.96. The summed E-state index contributed by atoms with van der Waals surface area (Å²) in [6.45, 7) is 2.13. The summed E-state index contributed by atoms with van der Waals surface area (Å²) in [5.41, 5.74) is 1.72. The van der Waals surface area contributed by atoms with Gasteiger partial charge in [-0.05, 0) is 49.1 Å². The van der Waals surface area contributed by atoms with Gasteiger partial charge in [-0.15, -0.1) is 0 Å². The first-order valence-electron chi connectivity index (χ1n) is 10.6. The number of nitrogens with zero attached hydrogens (tertiary/aromatic N) is 1. The van der Waals surface area contributed by atoms with Gasteiger partial charge in [0.2, 0.25) is 22.7 Å². The minimum absolute atomic E-state index is 0.0628. The molecule has 5 rings (SSSR count). The number of amides is 2. The van der Waals surface area contributed by atoms with E-state index in [-0.39, 0.29) is 43.2 Å². The molecule has 1 saturated heterocycles. The quantitative estimate of drug-likeness (QED) is 0.675. The number of aryl methyl sites for hydroxylation is 1. The number of nitrogens with one attached hydrogen (secondary N) is 2. The molecule has 11 heteroatoms. The Balaban J connectivity index is 1.33. The molecule has 3 aliphatic heterocycles. The zero-order chi connectivity index (χ0) is 23.2. The molecule has 33 heavy (non-hydrogen) atoms. The molecule has 0 aromatic heterocycles. The van der Waals surface area contributed by atoms with Gasteiger partial charge < -0.3 is 24.8 Å². The first kappa shape index (κ1) is 21.5. The van der Waals surface area contributed by atoms with Crippen molar-refractivity contribution in [2.24, 2.45) is 0 Å². The van der Waals surface area contributed by atoms with Crippen LogP contribution >= 0.6 is 0 Å². The molecule has 0 saturated carbocycles. The number of benzene rings is 2. The monoisotopic (exact) mass is 473 g/mol. The van der Waals surface area contributed by atoms with Crippen LogP contribution in [-0.4, -0.2) is 50.5 Å². The van der Waals surface area contributed by atoms with Crippen molar-refractivity contribution in [3.63, 3.8) is 0 Å². The Labute approximate surface area is 190 Å². The molecule has 10 nitrogen and oxygen atoms in total. The molecule has 0 unspecified atom stereocenters. The minimum Gasteiger partial charge on any atom is -0.482 e. The summed E-state index contributed by atoms with van der Waals surface area (Å²) in [5.74, 6) is 0.918. The molecular formula is C22H23N3O7S. The molecule has 2 N–H and O–H groups in total. The summed E-state index contributed by atoms with van der Waals surface area (Å²) in [4.78, 5) is 24.6. The van der Waals surface area contributed by atoms with E-state index in [1.54, 1.807) is 25.1 Å². The van der Waals surface area contributed by atoms with E-state index < -0.39 is 16.1 Å². The minimum atomic E-state index is -3.96. The van der Waals surface area contributed by atoms with Crippen molar-refractivity contribution in [2.45, 2.75) is 37.2 Å². The van der Waals surface area contributed by atoms with E-state index in [1.165, 1.54) is 10.4 Å². The molecule has 0 radical (unpaired) electrons. The van der Waals surface area contributed by atoms with Crippen molar-refractivity contribution in [1.29, 1.82) is 0 Å². The lowest BCUT2D eigenvalue weighted by molar-refractivity contribution is -0.124. The third-order valence-corrected chi connectivity index (χ3v) is 7.96. The molecule has 3 heterocycles. The van der Waals surface area contributed by atoms with Gasteiger partial charge in [-0.2, -0.15) is 4.31 Å². The van der Waals surface area contributed by atoms with Crippen LogP contribution in [0.2, 0.25) is 0 Å². The van der Waals surface area contributed by atoms with Crippen molar-refractivity contribution < 1.29 is 32.2 Å². The van der Waals surface area contributed by atoms with Crippen molar-refractivity contribution in [1.82, 2.24) is 9.62 Å². The van der Waals surface area contributed by atoms with Gasteiger partial charge in [-0.3, -0.25) is 9.59 Å². The van der Waals surface area contributed by atoms with Crippen LogP contribution < -0.4 is 24.8 Å². The summed E-state index contributed by atoms with van der Waals surface area (Å²) < 4.78 is 44.3. The van der Waals surface area contributed by atoms with Gasteiger partial charge in [0.25, 0.3) is 5.91 Å². The van der Waals surface area contributed by atoms with Crippen LogP contribution in [0.15, 0.2) is 35.2 Å². The average molecular weight is 474 g/mol. The molecule has 2 amide bonds. The number of fused-ring (bicyclic) bond motifs is 2. The largest absolute Gasteiger partial charge is 0.482 e. The van der Waals surface area contributed by atoms with Crippen molar-refractivity contribution in [2.75, 3.05) is 25.3 Å². The molecule has 1 fully saturated rings. The fourth-order valence-corrected chi connectivity index (χ4v) is 6.15. The van der Waals surface area contributed by atoms with Crippen molar-refractivity contribution in [3.05, 3.63) is 41.5 Å². The van der Waals surface area contributed by atoms with Gasteiger partial charge >= 0.3 is 0 Å². The lowest BCUT2D eigenvalue weighted by Gasteiger charge is -2.26. The molecule has 174 valence electrons. The van der Waals surface area contributed by atoms with Crippen LogP contribution in [0.3, 0.4) is 0 Å². The third-order valence-electron chi connectivity index (χ3n) is 5.91. The Kier molecular flexibility index (Phi) is 5.37. The third kappa shape index (κ3) is 3.98. The number of anilines is 1. The predicted octanol–water partition coefficient (Wildman–Crippen LogP) is 1.52. The van der Waals surface area contributed by atoms with Crippen LogP contribution in [0.25, 0.3) is 0 Å². The molecule has 2 aromatic rings. The maximum atomic E-state index is 13.5. The second-order valence-electron chi connectivity index (χ2n) is 8.13. The molecule has 3 aliphatic rings. The van der Waals surface area contributed by atoms with Gasteiger partial charge in [-0.1, -0.05) is 6.07 Å². The Bertz CT molecular complexity index is 1240. The van der Waals surface area contributed by atoms with Crippen molar-refractivity contribution in [3.8, 4) is 17.2 Å². The molecule has 0 bridgehead atoms. The van der Waals surface area contributed by atoms with E-state index in [9.17, 15) is 18.0 Å². The topological polar surface area (TPSA) is 123 Å².